The minimum absolute atomic E-state index is 0.113. The molecule has 0 aromatic heterocycles. The van der Waals surface area contributed by atoms with E-state index in [1.54, 1.807) is 0 Å². The van der Waals surface area contributed by atoms with E-state index in [0.29, 0.717) is 0 Å². The van der Waals surface area contributed by atoms with E-state index in [9.17, 15) is 0 Å². The molecule has 0 unspecified atom stereocenters. The first-order valence-electron chi connectivity index (χ1n) is 12.6. The molecule has 5 aromatic carbocycles. The quantitative estimate of drug-likeness (QED) is 0.173. The fraction of sp³-hybridized carbons (Fsp3) is 0.118. The second-order valence-electron chi connectivity index (χ2n) is 10.7. The molecule has 8 rings (SSSR count). The lowest BCUT2D eigenvalue weighted by Crippen LogP contribution is -2.32. The lowest BCUT2D eigenvalue weighted by molar-refractivity contribution is 0.654. The topological polar surface area (TPSA) is 0 Å². The fourth-order valence-electron chi connectivity index (χ4n) is 7.12. The second kappa shape index (κ2) is 7.41. The Balaban J connectivity index is 1.57. The first-order chi connectivity index (χ1) is 17.9. The van der Waals surface area contributed by atoms with E-state index in [1.165, 1.54) is 65.4 Å². The molecule has 0 fully saturated rings. The summed E-state index contributed by atoms with van der Waals surface area (Å²) in [5.41, 5.74) is 12.7. The van der Waals surface area contributed by atoms with Crippen molar-refractivity contribution in [1.82, 2.24) is 0 Å². The third-order valence-electron chi connectivity index (χ3n) is 8.69. The van der Waals surface area contributed by atoms with E-state index >= 15 is 0 Å². The van der Waals surface area contributed by atoms with Crippen LogP contribution in [-0.4, -0.2) is 0 Å². The van der Waals surface area contributed by atoms with Crippen LogP contribution in [0.4, 0.5) is 0 Å². The fourth-order valence-corrected chi connectivity index (χ4v) is 9.22. The molecule has 3 heteroatoms. The lowest BCUT2D eigenvalue weighted by Gasteiger charge is -2.40. The van der Waals surface area contributed by atoms with Gasteiger partial charge in [0.25, 0.3) is 0 Å². The molecular weight excluding hydrogens is 556 g/mol. The van der Waals surface area contributed by atoms with Gasteiger partial charge in [-0.05, 0) is 90.3 Å². The molecule has 5 aromatic rings. The van der Waals surface area contributed by atoms with Crippen LogP contribution in [0.2, 0.25) is 5.02 Å². The molecule has 0 saturated heterocycles. The number of hydrogen-bond donors (Lipinski definition) is 0. The molecule has 0 nitrogen and oxygen atoms in total. The van der Waals surface area contributed by atoms with E-state index in [2.05, 4.69) is 121 Å². The summed E-state index contributed by atoms with van der Waals surface area (Å²) in [5, 5.41) is 0.831. The minimum Gasteiger partial charge on any atom is -0.0882 e. The molecule has 1 spiro atoms. The predicted molar refractivity (Wildman–Crippen MR) is 158 cm³/mol. The lowest BCUT2D eigenvalue weighted by atomic mass is 9.66. The molecule has 178 valence electrons. The zero-order valence-corrected chi connectivity index (χ0v) is 23.6. The average molecular weight is 578 g/mol. The molecule has 3 aliphatic rings. The van der Waals surface area contributed by atoms with E-state index in [4.69, 9.17) is 11.6 Å². The van der Waals surface area contributed by atoms with Crippen LogP contribution in [0.25, 0.3) is 22.3 Å². The summed E-state index contributed by atoms with van der Waals surface area (Å²) in [7, 11) is 0. The van der Waals surface area contributed by atoms with E-state index in [-0.39, 0.29) is 5.41 Å². The van der Waals surface area contributed by atoms with Crippen LogP contribution in [0.15, 0.2) is 111 Å². The maximum absolute atomic E-state index is 6.91. The number of fused-ring (bicyclic) bond motifs is 12. The van der Waals surface area contributed by atoms with Crippen molar-refractivity contribution in [2.24, 2.45) is 0 Å². The molecule has 0 amide bonds. The van der Waals surface area contributed by atoms with Crippen molar-refractivity contribution in [1.29, 1.82) is 0 Å². The standard InChI is InChI=1S/C34H22BrClS/c1-33(2)24-13-8-16-29(36)31(24)21-17-27-30(18-26(21)33)37-32-25(14-7-15-28(32)35)34(27)22-11-5-3-9-19(22)20-10-4-6-12-23(20)34/h3-18H,1-2H3. The summed E-state index contributed by atoms with van der Waals surface area (Å²) < 4.78 is 1.15. The zero-order valence-electron chi connectivity index (χ0n) is 20.4. The van der Waals surface area contributed by atoms with Gasteiger partial charge in [-0.2, -0.15) is 0 Å². The van der Waals surface area contributed by atoms with Crippen molar-refractivity contribution in [2.75, 3.05) is 0 Å². The maximum Gasteiger partial charge on any atom is 0.0736 e. The normalized spacial score (nSPS) is 16.4. The second-order valence-corrected chi connectivity index (χ2v) is 13.1. The summed E-state index contributed by atoms with van der Waals surface area (Å²) in [6.45, 7) is 4.65. The van der Waals surface area contributed by atoms with Crippen LogP contribution in [0.1, 0.15) is 47.2 Å². The monoisotopic (exact) mass is 576 g/mol. The summed E-state index contributed by atoms with van der Waals surface area (Å²) in [6.07, 6.45) is 0. The number of rotatable bonds is 0. The molecule has 0 bridgehead atoms. The molecule has 0 saturated carbocycles. The van der Waals surface area contributed by atoms with Gasteiger partial charge in [0.05, 0.1) is 5.41 Å². The first kappa shape index (κ1) is 22.2. The molecular formula is C34H22BrClS. The Kier molecular flexibility index (Phi) is 4.45. The number of benzene rings is 5. The SMILES string of the molecule is CC1(C)c2cc3c(cc2-c2c(Cl)cccc21)C1(c2ccccc2-c2ccccc21)c1cccc(Br)c1S3. The Hall–Kier alpha value is -2.78. The Morgan fingerprint density at radius 1 is 0.622 bits per heavy atom. The van der Waals surface area contributed by atoms with Crippen LogP contribution in [0.3, 0.4) is 0 Å². The van der Waals surface area contributed by atoms with Gasteiger partial charge >= 0.3 is 0 Å². The molecule has 0 radical (unpaired) electrons. The van der Waals surface area contributed by atoms with Crippen LogP contribution >= 0.6 is 39.3 Å². The van der Waals surface area contributed by atoms with Crippen molar-refractivity contribution in [3.05, 3.63) is 140 Å². The maximum atomic E-state index is 6.91. The summed E-state index contributed by atoms with van der Waals surface area (Å²) in [5.74, 6) is 0. The molecule has 1 aliphatic heterocycles. The van der Waals surface area contributed by atoms with Gasteiger partial charge in [-0.3, -0.25) is 0 Å². The Morgan fingerprint density at radius 2 is 1.24 bits per heavy atom. The zero-order chi connectivity index (χ0) is 25.1. The van der Waals surface area contributed by atoms with Crippen molar-refractivity contribution in [3.63, 3.8) is 0 Å². The average Bonchev–Trinajstić information content (AvgIpc) is 3.32. The van der Waals surface area contributed by atoms with Gasteiger partial charge in [-0.25, -0.2) is 0 Å². The third kappa shape index (κ3) is 2.62. The van der Waals surface area contributed by atoms with E-state index in [0.717, 1.165) is 9.50 Å². The number of hydrogen-bond acceptors (Lipinski definition) is 1. The Bertz CT molecular complexity index is 1770. The van der Waals surface area contributed by atoms with Crippen LogP contribution in [0.5, 0.6) is 0 Å². The van der Waals surface area contributed by atoms with Gasteiger partial charge in [-0.1, -0.05) is 110 Å². The third-order valence-corrected chi connectivity index (χ3v) is 11.1. The van der Waals surface area contributed by atoms with Gasteiger partial charge in [0, 0.05) is 30.3 Å². The molecule has 0 N–H and O–H groups in total. The van der Waals surface area contributed by atoms with E-state index in [1.807, 2.05) is 17.8 Å². The van der Waals surface area contributed by atoms with Crippen LogP contribution in [0, 0.1) is 0 Å². The van der Waals surface area contributed by atoms with Crippen molar-refractivity contribution >= 4 is 39.3 Å². The smallest absolute Gasteiger partial charge is 0.0736 e. The Morgan fingerprint density at radius 3 is 1.97 bits per heavy atom. The van der Waals surface area contributed by atoms with E-state index < -0.39 is 5.41 Å². The number of halogens is 2. The van der Waals surface area contributed by atoms with Gasteiger partial charge in [0.1, 0.15) is 0 Å². The van der Waals surface area contributed by atoms with Gasteiger partial charge in [-0.15, -0.1) is 0 Å². The highest BCUT2D eigenvalue weighted by atomic mass is 79.9. The van der Waals surface area contributed by atoms with Crippen LogP contribution in [-0.2, 0) is 10.8 Å². The largest absolute Gasteiger partial charge is 0.0882 e. The van der Waals surface area contributed by atoms with Gasteiger partial charge in [0.15, 0.2) is 0 Å². The minimum atomic E-state index is -0.393. The highest BCUT2D eigenvalue weighted by Gasteiger charge is 2.51. The van der Waals surface area contributed by atoms with Crippen molar-refractivity contribution in [3.8, 4) is 22.3 Å². The van der Waals surface area contributed by atoms with Gasteiger partial charge < -0.3 is 0 Å². The van der Waals surface area contributed by atoms with Crippen LogP contribution < -0.4 is 0 Å². The van der Waals surface area contributed by atoms with Gasteiger partial charge in [0.2, 0.25) is 0 Å². The molecule has 2 aliphatic carbocycles. The molecule has 0 atom stereocenters. The first-order valence-corrected chi connectivity index (χ1v) is 14.6. The molecule has 1 heterocycles. The highest BCUT2D eigenvalue weighted by molar-refractivity contribution is 9.10. The predicted octanol–water partition coefficient (Wildman–Crippen LogP) is 10.2. The Labute approximate surface area is 234 Å². The summed E-state index contributed by atoms with van der Waals surface area (Å²) in [6, 6.07) is 35.9. The highest BCUT2D eigenvalue weighted by Crippen LogP contribution is 2.65. The molecule has 37 heavy (non-hydrogen) atoms. The van der Waals surface area contributed by atoms with Crippen molar-refractivity contribution < 1.29 is 0 Å². The summed E-state index contributed by atoms with van der Waals surface area (Å²) >= 11 is 12.7. The summed E-state index contributed by atoms with van der Waals surface area (Å²) in [4.78, 5) is 2.62. The van der Waals surface area contributed by atoms with Crippen molar-refractivity contribution in [2.45, 2.75) is 34.5 Å².